The van der Waals surface area contributed by atoms with Crippen molar-refractivity contribution < 1.29 is 9.47 Å². The van der Waals surface area contributed by atoms with Crippen LogP contribution in [0.5, 0.6) is 0 Å². The van der Waals surface area contributed by atoms with Gasteiger partial charge < -0.3 is 20.1 Å². The van der Waals surface area contributed by atoms with Crippen molar-refractivity contribution in [3.05, 3.63) is 34.9 Å². The maximum atomic E-state index is 6.14. The van der Waals surface area contributed by atoms with Gasteiger partial charge >= 0.3 is 0 Å². The van der Waals surface area contributed by atoms with E-state index in [0.717, 1.165) is 36.1 Å². The molecule has 1 rings (SSSR count). The fourth-order valence-corrected chi connectivity index (χ4v) is 2.06. The lowest BCUT2D eigenvalue weighted by atomic mass is 10.1. The predicted molar refractivity (Wildman–Crippen MR) is 91.8 cm³/mol. The topological polar surface area (TPSA) is 54.9 Å². The minimum atomic E-state index is 0.588. The van der Waals surface area contributed by atoms with E-state index in [1.807, 2.05) is 31.2 Å². The summed E-state index contributed by atoms with van der Waals surface area (Å²) in [5.74, 6) is 0.796. The van der Waals surface area contributed by atoms with E-state index in [0.29, 0.717) is 26.4 Å². The van der Waals surface area contributed by atoms with Gasteiger partial charge in [-0.15, -0.1) is 0 Å². The third-order valence-corrected chi connectivity index (χ3v) is 3.29. The molecule has 5 nitrogen and oxygen atoms in total. The zero-order chi connectivity index (χ0) is 16.0. The van der Waals surface area contributed by atoms with E-state index in [4.69, 9.17) is 21.1 Å². The van der Waals surface area contributed by atoms with Crippen molar-refractivity contribution in [3.63, 3.8) is 0 Å². The first kappa shape index (κ1) is 18.7. The summed E-state index contributed by atoms with van der Waals surface area (Å²) < 4.78 is 10.3. The Morgan fingerprint density at radius 2 is 2.00 bits per heavy atom. The summed E-state index contributed by atoms with van der Waals surface area (Å²) in [4.78, 5) is 4.46. The standard InChI is InChI=1S/C16H26ClN3O2/c1-3-18-16(20-10-11-22-13-12-21-2)19-9-8-14-6-4-5-7-15(14)17/h4-7H,3,8-13H2,1-2H3,(H2,18,19,20). The van der Waals surface area contributed by atoms with Crippen LogP contribution in [0.2, 0.25) is 5.02 Å². The first-order valence-corrected chi connectivity index (χ1v) is 7.98. The van der Waals surface area contributed by atoms with Crippen LogP contribution < -0.4 is 10.6 Å². The molecule has 0 atom stereocenters. The summed E-state index contributed by atoms with van der Waals surface area (Å²) in [6, 6.07) is 7.89. The Hall–Kier alpha value is -1.30. The van der Waals surface area contributed by atoms with E-state index in [9.17, 15) is 0 Å². The van der Waals surface area contributed by atoms with Crippen LogP contribution in [-0.4, -0.2) is 52.5 Å². The molecule has 0 aliphatic carbocycles. The molecule has 0 amide bonds. The molecule has 0 heterocycles. The minimum Gasteiger partial charge on any atom is -0.382 e. The maximum Gasteiger partial charge on any atom is 0.191 e. The number of nitrogens with one attached hydrogen (secondary N) is 2. The van der Waals surface area contributed by atoms with Crippen molar-refractivity contribution in [3.8, 4) is 0 Å². The summed E-state index contributed by atoms with van der Waals surface area (Å²) in [5.41, 5.74) is 1.13. The molecule has 0 aliphatic rings. The van der Waals surface area contributed by atoms with Gasteiger partial charge in [0.15, 0.2) is 5.96 Å². The van der Waals surface area contributed by atoms with Gasteiger partial charge in [-0.05, 0) is 25.0 Å². The highest BCUT2D eigenvalue weighted by atomic mass is 35.5. The van der Waals surface area contributed by atoms with E-state index < -0.39 is 0 Å². The Labute approximate surface area is 138 Å². The summed E-state index contributed by atoms with van der Waals surface area (Å²) in [6.45, 7) is 6.06. The predicted octanol–water partition coefficient (Wildman–Crippen LogP) is 2.10. The number of methoxy groups -OCH3 is 1. The summed E-state index contributed by atoms with van der Waals surface area (Å²) in [7, 11) is 1.66. The third-order valence-electron chi connectivity index (χ3n) is 2.93. The number of aliphatic imine (C=N–C) groups is 1. The molecule has 0 saturated carbocycles. The Balaban J connectivity index is 2.29. The molecule has 0 fully saturated rings. The number of ether oxygens (including phenoxy) is 2. The molecule has 0 saturated heterocycles. The van der Waals surface area contributed by atoms with Gasteiger partial charge in [-0.2, -0.15) is 0 Å². The SMILES string of the molecule is CCNC(=NCCOCCOC)NCCc1ccccc1Cl. The van der Waals surface area contributed by atoms with E-state index in [2.05, 4.69) is 15.6 Å². The quantitative estimate of drug-likeness (QED) is 0.392. The summed E-state index contributed by atoms with van der Waals surface area (Å²) in [6.07, 6.45) is 0.856. The average Bonchev–Trinajstić information content (AvgIpc) is 2.52. The molecule has 2 N–H and O–H groups in total. The zero-order valence-electron chi connectivity index (χ0n) is 13.4. The molecule has 124 valence electrons. The van der Waals surface area contributed by atoms with Gasteiger partial charge in [0.05, 0.1) is 26.4 Å². The Morgan fingerprint density at radius 1 is 1.18 bits per heavy atom. The smallest absolute Gasteiger partial charge is 0.191 e. The number of rotatable bonds is 10. The lowest BCUT2D eigenvalue weighted by Gasteiger charge is -2.12. The van der Waals surface area contributed by atoms with Crippen molar-refractivity contribution in [2.75, 3.05) is 46.6 Å². The summed E-state index contributed by atoms with van der Waals surface area (Å²) in [5, 5.41) is 7.31. The molecule has 0 aliphatic heterocycles. The zero-order valence-corrected chi connectivity index (χ0v) is 14.2. The van der Waals surface area contributed by atoms with Crippen LogP contribution in [0.3, 0.4) is 0 Å². The van der Waals surface area contributed by atoms with Crippen molar-refractivity contribution in [1.82, 2.24) is 10.6 Å². The van der Waals surface area contributed by atoms with Gasteiger partial charge in [-0.1, -0.05) is 29.8 Å². The number of halogens is 1. The molecule has 0 spiro atoms. The van der Waals surface area contributed by atoms with Crippen LogP contribution >= 0.6 is 11.6 Å². The molecule has 0 radical (unpaired) electrons. The van der Waals surface area contributed by atoms with Crippen molar-refractivity contribution in [2.24, 2.45) is 4.99 Å². The molecule has 6 heteroatoms. The van der Waals surface area contributed by atoms with Crippen molar-refractivity contribution >= 4 is 17.6 Å². The number of nitrogens with zero attached hydrogens (tertiary/aromatic N) is 1. The number of hydrogen-bond donors (Lipinski definition) is 2. The lowest BCUT2D eigenvalue weighted by molar-refractivity contribution is 0.0748. The fourth-order valence-electron chi connectivity index (χ4n) is 1.82. The van der Waals surface area contributed by atoms with E-state index >= 15 is 0 Å². The van der Waals surface area contributed by atoms with Crippen LogP contribution in [0.25, 0.3) is 0 Å². The van der Waals surface area contributed by atoms with Gasteiger partial charge in [-0.25, -0.2) is 0 Å². The largest absolute Gasteiger partial charge is 0.382 e. The van der Waals surface area contributed by atoms with Gasteiger partial charge in [0.25, 0.3) is 0 Å². The molecule has 1 aromatic rings. The second-order valence-electron chi connectivity index (χ2n) is 4.63. The first-order chi connectivity index (χ1) is 10.8. The lowest BCUT2D eigenvalue weighted by Crippen LogP contribution is -2.38. The number of guanidine groups is 1. The maximum absolute atomic E-state index is 6.14. The van der Waals surface area contributed by atoms with Gasteiger partial charge in [0, 0.05) is 25.2 Å². The van der Waals surface area contributed by atoms with Crippen LogP contribution in [0.15, 0.2) is 29.3 Å². The fraction of sp³-hybridized carbons (Fsp3) is 0.562. The molecule has 0 unspecified atom stereocenters. The number of benzene rings is 1. The van der Waals surface area contributed by atoms with Crippen LogP contribution in [0, 0.1) is 0 Å². The van der Waals surface area contributed by atoms with E-state index in [1.165, 1.54) is 0 Å². The summed E-state index contributed by atoms with van der Waals surface area (Å²) >= 11 is 6.14. The number of hydrogen-bond acceptors (Lipinski definition) is 3. The highest BCUT2D eigenvalue weighted by Crippen LogP contribution is 2.14. The first-order valence-electron chi connectivity index (χ1n) is 7.60. The molecule has 0 aromatic heterocycles. The highest BCUT2D eigenvalue weighted by molar-refractivity contribution is 6.31. The van der Waals surface area contributed by atoms with Gasteiger partial charge in [-0.3, -0.25) is 4.99 Å². The minimum absolute atomic E-state index is 0.588. The van der Waals surface area contributed by atoms with Crippen molar-refractivity contribution in [1.29, 1.82) is 0 Å². The highest BCUT2D eigenvalue weighted by Gasteiger charge is 2.00. The Kier molecular flexibility index (Phi) is 10.5. The van der Waals surface area contributed by atoms with E-state index in [1.54, 1.807) is 7.11 Å². The Bertz CT molecular complexity index is 441. The third kappa shape index (κ3) is 8.22. The molecule has 1 aromatic carbocycles. The Morgan fingerprint density at radius 3 is 2.73 bits per heavy atom. The molecule has 22 heavy (non-hydrogen) atoms. The van der Waals surface area contributed by atoms with Gasteiger partial charge in [0.1, 0.15) is 0 Å². The normalized spacial score (nSPS) is 11.5. The van der Waals surface area contributed by atoms with Crippen LogP contribution in [0.1, 0.15) is 12.5 Å². The van der Waals surface area contributed by atoms with Crippen LogP contribution in [0.4, 0.5) is 0 Å². The average molecular weight is 328 g/mol. The van der Waals surface area contributed by atoms with Crippen molar-refractivity contribution in [2.45, 2.75) is 13.3 Å². The second-order valence-corrected chi connectivity index (χ2v) is 5.04. The van der Waals surface area contributed by atoms with Gasteiger partial charge in [0.2, 0.25) is 0 Å². The second kappa shape index (κ2) is 12.3. The van der Waals surface area contributed by atoms with Crippen LogP contribution in [-0.2, 0) is 15.9 Å². The molecular formula is C16H26ClN3O2. The molecule has 0 bridgehead atoms. The van der Waals surface area contributed by atoms with E-state index in [-0.39, 0.29) is 0 Å². The monoisotopic (exact) mass is 327 g/mol. The molecular weight excluding hydrogens is 302 g/mol.